The molecule has 2 aromatic carbocycles. The van der Waals surface area contributed by atoms with Crippen LogP contribution in [-0.4, -0.2) is 92.9 Å². The molecule has 0 bridgehead atoms. The van der Waals surface area contributed by atoms with E-state index in [-0.39, 0.29) is 42.5 Å². The number of aliphatic hydroxyl groups excluding tert-OH is 1. The van der Waals surface area contributed by atoms with Gasteiger partial charge in [-0.25, -0.2) is 16.8 Å². The van der Waals surface area contributed by atoms with Gasteiger partial charge < -0.3 is 19.9 Å². The van der Waals surface area contributed by atoms with E-state index < -0.39 is 61.1 Å². The number of nitrogens with one attached hydrogen (secondary N) is 1. The molecule has 254 valence electrons. The Kier molecular flexibility index (Phi) is 12.1. The van der Waals surface area contributed by atoms with Crippen LogP contribution in [0.3, 0.4) is 0 Å². The van der Waals surface area contributed by atoms with Gasteiger partial charge in [-0.1, -0.05) is 51.1 Å². The molecule has 2 N–H and O–H groups in total. The normalized spacial score (nSPS) is 15.2. The molecule has 47 heavy (non-hydrogen) atoms. The number of rotatable bonds is 16. The van der Waals surface area contributed by atoms with Gasteiger partial charge in [0.05, 0.1) is 22.8 Å². The van der Waals surface area contributed by atoms with E-state index in [0.717, 1.165) is 5.56 Å². The van der Waals surface area contributed by atoms with Crippen LogP contribution >= 0.6 is 0 Å². The van der Waals surface area contributed by atoms with Crippen molar-refractivity contribution in [1.82, 2.24) is 14.6 Å². The minimum absolute atomic E-state index is 0.0297. The third-order valence-electron chi connectivity index (χ3n) is 7.49. The maximum atomic E-state index is 13.9. The largest absolute Gasteiger partial charge is 0.486 e. The Labute approximate surface area is 276 Å². The predicted molar refractivity (Wildman–Crippen MR) is 175 cm³/mol. The van der Waals surface area contributed by atoms with E-state index in [1.807, 2.05) is 32.0 Å². The molecule has 1 aromatic heterocycles. The van der Waals surface area contributed by atoms with E-state index in [0.29, 0.717) is 18.1 Å². The SMILES string of the molecule is CC(C)CN(C[C@@H](O)C(Cc1ccccc1)NC(=O)[C@H](C)CS(=O)(=O)CC(=O)c1cccnc1)S(=O)(=O)c1ccc2c(c1)OCCO2. The van der Waals surface area contributed by atoms with Gasteiger partial charge in [0.2, 0.25) is 15.9 Å². The number of sulfonamides is 1. The zero-order valence-electron chi connectivity index (χ0n) is 26.6. The molecule has 2 heterocycles. The van der Waals surface area contributed by atoms with Crippen LogP contribution in [0.1, 0.15) is 36.7 Å². The minimum atomic E-state index is -4.12. The molecule has 0 saturated heterocycles. The fourth-order valence-corrected chi connectivity index (χ4v) is 8.38. The molecule has 0 spiro atoms. The van der Waals surface area contributed by atoms with Crippen molar-refractivity contribution in [1.29, 1.82) is 0 Å². The Morgan fingerprint density at radius 3 is 2.30 bits per heavy atom. The lowest BCUT2D eigenvalue weighted by molar-refractivity contribution is -0.125. The van der Waals surface area contributed by atoms with Gasteiger partial charge in [-0.05, 0) is 42.2 Å². The number of carbonyl (C=O) groups excluding carboxylic acids is 2. The number of amides is 1. The number of aliphatic hydroxyl groups is 1. The zero-order valence-corrected chi connectivity index (χ0v) is 28.2. The number of hydrogen-bond acceptors (Lipinski definition) is 10. The number of pyridine rings is 1. The maximum absolute atomic E-state index is 13.9. The lowest BCUT2D eigenvalue weighted by atomic mass is 10.00. The quantitative estimate of drug-likeness (QED) is 0.214. The summed E-state index contributed by atoms with van der Waals surface area (Å²) >= 11 is 0. The average molecular weight is 688 g/mol. The van der Waals surface area contributed by atoms with E-state index in [2.05, 4.69) is 10.3 Å². The summed E-state index contributed by atoms with van der Waals surface area (Å²) in [6, 6.07) is 15.4. The van der Waals surface area contributed by atoms with Gasteiger partial charge in [-0.15, -0.1) is 0 Å². The molecular formula is C33H41N3O9S2. The highest BCUT2D eigenvalue weighted by Gasteiger charge is 2.33. The van der Waals surface area contributed by atoms with E-state index >= 15 is 0 Å². The van der Waals surface area contributed by atoms with E-state index in [9.17, 15) is 31.5 Å². The number of aromatic nitrogens is 1. The van der Waals surface area contributed by atoms with Crippen molar-refractivity contribution in [3.63, 3.8) is 0 Å². The molecule has 1 aliphatic heterocycles. The second-order valence-corrected chi connectivity index (χ2v) is 16.1. The fourth-order valence-electron chi connectivity index (χ4n) is 5.15. The van der Waals surface area contributed by atoms with Crippen molar-refractivity contribution in [2.24, 2.45) is 11.8 Å². The first-order valence-corrected chi connectivity index (χ1v) is 18.6. The van der Waals surface area contributed by atoms with E-state index in [1.165, 1.54) is 54.0 Å². The lowest BCUT2D eigenvalue weighted by Crippen LogP contribution is -2.52. The summed E-state index contributed by atoms with van der Waals surface area (Å²) in [5.74, 6) is -3.10. The predicted octanol–water partition coefficient (Wildman–Crippen LogP) is 2.52. The topological polar surface area (TPSA) is 169 Å². The molecule has 1 aliphatic rings. The summed E-state index contributed by atoms with van der Waals surface area (Å²) in [6.45, 7) is 5.50. The van der Waals surface area contributed by atoms with Gasteiger partial charge >= 0.3 is 0 Å². The fraction of sp³-hybridized carbons (Fsp3) is 0.424. The van der Waals surface area contributed by atoms with Crippen molar-refractivity contribution in [2.75, 3.05) is 37.8 Å². The molecule has 14 heteroatoms. The number of carbonyl (C=O) groups is 2. The summed E-state index contributed by atoms with van der Waals surface area (Å²) in [5.41, 5.74) is 0.917. The van der Waals surface area contributed by atoms with E-state index in [4.69, 9.17) is 9.47 Å². The average Bonchev–Trinajstić information content (AvgIpc) is 3.04. The van der Waals surface area contributed by atoms with Gasteiger partial charge in [0, 0.05) is 43.0 Å². The molecule has 0 saturated carbocycles. The van der Waals surface area contributed by atoms with Crippen molar-refractivity contribution in [3.05, 3.63) is 84.2 Å². The van der Waals surface area contributed by atoms with E-state index in [1.54, 1.807) is 12.1 Å². The summed E-state index contributed by atoms with van der Waals surface area (Å²) in [4.78, 5) is 29.7. The van der Waals surface area contributed by atoms with Crippen LogP contribution in [0.4, 0.5) is 0 Å². The van der Waals surface area contributed by atoms with Crippen molar-refractivity contribution < 1.29 is 41.0 Å². The molecule has 1 unspecified atom stereocenters. The number of nitrogens with zero attached hydrogens (tertiary/aromatic N) is 2. The molecule has 3 aromatic rings. The first kappa shape index (κ1) is 36.0. The second kappa shape index (κ2) is 15.8. The third-order valence-corrected chi connectivity index (χ3v) is 11.0. The highest BCUT2D eigenvalue weighted by Crippen LogP contribution is 2.33. The molecule has 4 rings (SSSR count). The Bertz CT molecular complexity index is 1740. The summed E-state index contributed by atoms with van der Waals surface area (Å²) in [5, 5.41) is 14.3. The van der Waals surface area contributed by atoms with Gasteiger partial charge in [-0.3, -0.25) is 14.6 Å². The number of ether oxygens (including phenoxy) is 2. The third kappa shape index (κ3) is 10.1. The standard InChI is InChI=1S/C33H41N3O9S2/c1-23(2)19-36(47(42,43)27-11-12-31-32(17-27)45-15-14-44-31)20-29(37)28(16-25-8-5-4-6-9-25)35-33(39)24(3)21-46(40,41)22-30(38)26-10-7-13-34-18-26/h4-13,17-18,23-24,28-29,37H,14-16,19-22H2,1-3H3,(H,35,39)/t24-,28?,29-/m1/s1. The minimum Gasteiger partial charge on any atom is -0.486 e. The van der Waals surface area contributed by atoms with Crippen molar-refractivity contribution in [3.8, 4) is 11.5 Å². The Morgan fingerprint density at radius 2 is 1.64 bits per heavy atom. The summed E-state index contributed by atoms with van der Waals surface area (Å²) in [7, 11) is -8.11. The van der Waals surface area contributed by atoms with Crippen LogP contribution in [0, 0.1) is 11.8 Å². The van der Waals surface area contributed by atoms with Crippen LogP contribution < -0.4 is 14.8 Å². The van der Waals surface area contributed by atoms with Gasteiger partial charge in [0.1, 0.15) is 19.0 Å². The number of sulfone groups is 1. The maximum Gasteiger partial charge on any atom is 0.243 e. The monoisotopic (exact) mass is 687 g/mol. The van der Waals surface area contributed by atoms with Crippen LogP contribution in [0.2, 0.25) is 0 Å². The number of ketones is 1. The molecule has 0 aliphatic carbocycles. The lowest BCUT2D eigenvalue weighted by Gasteiger charge is -2.31. The number of hydrogen-bond donors (Lipinski definition) is 2. The summed E-state index contributed by atoms with van der Waals surface area (Å²) < 4.78 is 65.8. The van der Waals surface area contributed by atoms with Gasteiger partial charge in [0.15, 0.2) is 27.1 Å². The molecular weight excluding hydrogens is 647 g/mol. The molecule has 3 atom stereocenters. The van der Waals surface area contributed by atoms with Crippen LogP contribution in [0.15, 0.2) is 78.0 Å². The van der Waals surface area contributed by atoms with Crippen LogP contribution in [0.5, 0.6) is 11.5 Å². The molecule has 0 radical (unpaired) electrons. The first-order chi connectivity index (χ1) is 22.2. The second-order valence-electron chi connectivity index (χ2n) is 12.0. The highest BCUT2D eigenvalue weighted by molar-refractivity contribution is 7.92. The number of benzene rings is 2. The molecule has 1 amide bonds. The van der Waals surface area contributed by atoms with Crippen LogP contribution in [-0.2, 0) is 31.1 Å². The van der Waals surface area contributed by atoms with Crippen LogP contribution in [0.25, 0.3) is 0 Å². The zero-order chi connectivity index (χ0) is 34.2. The Morgan fingerprint density at radius 1 is 0.936 bits per heavy atom. The van der Waals surface area contributed by atoms with Gasteiger partial charge in [0.25, 0.3) is 0 Å². The Balaban J connectivity index is 1.52. The highest BCUT2D eigenvalue weighted by atomic mass is 32.2. The van der Waals surface area contributed by atoms with Crippen molar-refractivity contribution >= 4 is 31.6 Å². The smallest absolute Gasteiger partial charge is 0.243 e. The summed E-state index contributed by atoms with van der Waals surface area (Å²) in [6.07, 6.45) is 1.51. The van der Waals surface area contributed by atoms with Gasteiger partial charge in [-0.2, -0.15) is 4.31 Å². The number of fused-ring (bicyclic) bond motifs is 1. The molecule has 0 fully saturated rings. The Hall–Kier alpha value is -3.85. The number of Topliss-reactive ketones (excluding diaryl/α,β-unsaturated/α-hetero) is 1. The molecule has 12 nitrogen and oxygen atoms in total. The van der Waals surface area contributed by atoms with Crippen molar-refractivity contribution in [2.45, 2.75) is 44.2 Å². The first-order valence-electron chi connectivity index (χ1n) is 15.3.